The second-order valence-electron chi connectivity index (χ2n) is 6.18. The molecule has 0 aliphatic carbocycles. The van der Waals surface area contributed by atoms with E-state index in [-0.39, 0.29) is 11.9 Å². The molecule has 3 rings (SSSR count). The second-order valence-corrected chi connectivity index (χ2v) is 7.96. The summed E-state index contributed by atoms with van der Waals surface area (Å²) in [5.41, 5.74) is -0.162. The summed E-state index contributed by atoms with van der Waals surface area (Å²) in [4.78, 5) is 22.1. The molecule has 0 aromatic carbocycles. The van der Waals surface area contributed by atoms with Crippen LogP contribution in [-0.2, 0) is 14.8 Å². The minimum atomic E-state index is -3.25. The molecule has 1 aromatic rings. The van der Waals surface area contributed by atoms with E-state index in [1.807, 2.05) is 0 Å². The van der Waals surface area contributed by atoms with Gasteiger partial charge >= 0.3 is 0 Å². The number of nitrogens with one attached hydrogen (secondary N) is 1. The van der Waals surface area contributed by atoms with Crippen LogP contribution in [0.3, 0.4) is 0 Å². The average Bonchev–Trinajstić information content (AvgIpc) is 2.89. The maximum absolute atomic E-state index is 12.4. The van der Waals surface area contributed by atoms with Crippen LogP contribution < -0.4 is 4.72 Å². The van der Waals surface area contributed by atoms with Gasteiger partial charge in [0.1, 0.15) is 5.69 Å². The van der Waals surface area contributed by atoms with E-state index in [1.165, 1.54) is 18.6 Å². The molecule has 1 aromatic heterocycles. The Labute approximate surface area is 135 Å². The van der Waals surface area contributed by atoms with Crippen LogP contribution in [-0.4, -0.2) is 66.8 Å². The topological polar surface area (TPSA) is 101 Å². The Bertz CT molecular complexity index is 681. The number of carbonyl (C=O) groups excluding carboxylic acids is 1. The molecule has 0 bridgehead atoms. The van der Waals surface area contributed by atoms with Gasteiger partial charge in [-0.3, -0.25) is 9.78 Å². The van der Waals surface area contributed by atoms with Gasteiger partial charge < -0.3 is 9.64 Å². The van der Waals surface area contributed by atoms with Crippen molar-refractivity contribution in [1.82, 2.24) is 19.6 Å². The SMILES string of the molecule is CS(=O)(=O)N[C@@H]1CCO[C@]2(CCN(C(=O)c3cnccn3)C2)C1. The van der Waals surface area contributed by atoms with Crippen molar-refractivity contribution in [2.24, 2.45) is 0 Å². The highest BCUT2D eigenvalue weighted by atomic mass is 32.2. The molecule has 2 aliphatic heterocycles. The van der Waals surface area contributed by atoms with E-state index in [1.54, 1.807) is 4.90 Å². The van der Waals surface area contributed by atoms with Gasteiger partial charge in [-0.15, -0.1) is 0 Å². The molecule has 1 spiro atoms. The molecule has 0 unspecified atom stereocenters. The van der Waals surface area contributed by atoms with E-state index in [2.05, 4.69) is 14.7 Å². The number of amides is 1. The maximum Gasteiger partial charge on any atom is 0.274 e. The zero-order valence-corrected chi connectivity index (χ0v) is 13.8. The number of aromatic nitrogens is 2. The molecule has 9 heteroatoms. The largest absolute Gasteiger partial charge is 0.373 e. The van der Waals surface area contributed by atoms with Crippen molar-refractivity contribution in [3.63, 3.8) is 0 Å². The molecule has 0 radical (unpaired) electrons. The zero-order chi connectivity index (χ0) is 16.5. The van der Waals surface area contributed by atoms with Crippen LogP contribution in [0.25, 0.3) is 0 Å². The van der Waals surface area contributed by atoms with E-state index in [0.717, 1.165) is 6.26 Å². The molecule has 1 amide bonds. The third kappa shape index (κ3) is 3.85. The fourth-order valence-corrected chi connectivity index (χ4v) is 4.11. The van der Waals surface area contributed by atoms with Crippen molar-refractivity contribution >= 4 is 15.9 Å². The second kappa shape index (κ2) is 6.14. The summed E-state index contributed by atoms with van der Waals surface area (Å²) >= 11 is 0. The Morgan fingerprint density at radius 1 is 1.48 bits per heavy atom. The molecule has 0 saturated carbocycles. The average molecular weight is 340 g/mol. The Morgan fingerprint density at radius 3 is 3.00 bits per heavy atom. The maximum atomic E-state index is 12.4. The number of ether oxygens (including phenoxy) is 1. The highest BCUT2D eigenvalue weighted by Gasteiger charge is 2.45. The van der Waals surface area contributed by atoms with Gasteiger partial charge in [0.2, 0.25) is 10.0 Å². The van der Waals surface area contributed by atoms with Crippen molar-refractivity contribution in [3.8, 4) is 0 Å². The van der Waals surface area contributed by atoms with Crippen molar-refractivity contribution in [3.05, 3.63) is 24.3 Å². The standard InChI is InChI=1S/C14H20N4O4S/c1-23(20,21)17-11-2-7-22-14(8-11)3-6-18(10-14)13(19)12-9-15-4-5-16-12/h4-5,9,11,17H,2-3,6-8,10H2,1H3/t11-,14-/m1/s1. The summed E-state index contributed by atoms with van der Waals surface area (Å²) in [6.07, 6.45) is 7.53. The zero-order valence-electron chi connectivity index (χ0n) is 12.9. The van der Waals surface area contributed by atoms with Crippen LogP contribution in [0.2, 0.25) is 0 Å². The first-order chi connectivity index (χ1) is 10.9. The molecule has 2 aliphatic rings. The van der Waals surface area contributed by atoms with Crippen molar-refractivity contribution in [2.45, 2.75) is 30.9 Å². The van der Waals surface area contributed by atoms with E-state index in [9.17, 15) is 13.2 Å². The monoisotopic (exact) mass is 340 g/mol. The Kier molecular flexibility index (Phi) is 4.35. The van der Waals surface area contributed by atoms with Gasteiger partial charge in [-0.1, -0.05) is 0 Å². The fourth-order valence-electron chi connectivity index (χ4n) is 3.31. The molecular weight excluding hydrogens is 320 g/mol. The lowest BCUT2D eigenvalue weighted by molar-refractivity contribution is -0.0763. The highest BCUT2D eigenvalue weighted by molar-refractivity contribution is 7.88. The number of likely N-dealkylation sites (tertiary alicyclic amines) is 1. The quantitative estimate of drug-likeness (QED) is 0.817. The molecule has 23 heavy (non-hydrogen) atoms. The number of hydrogen-bond acceptors (Lipinski definition) is 6. The summed E-state index contributed by atoms with van der Waals surface area (Å²) in [5.74, 6) is -0.170. The Morgan fingerprint density at radius 2 is 2.30 bits per heavy atom. The van der Waals surface area contributed by atoms with E-state index < -0.39 is 15.6 Å². The summed E-state index contributed by atoms with van der Waals surface area (Å²) in [7, 11) is -3.25. The molecule has 1 N–H and O–H groups in total. The number of hydrogen-bond donors (Lipinski definition) is 1. The van der Waals surface area contributed by atoms with E-state index in [0.29, 0.717) is 44.7 Å². The molecule has 2 atom stereocenters. The third-order valence-corrected chi connectivity index (χ3v) is 5.02. The highest BCUT2D eigenvalue weighted by Crippen LogP contribution is 2.34. The first-order valence-electron chi connectivity index (χ1n) is 7.53. The van der Waals surface area contributed by atoms with Crippen LogP contribution in [0, 0.1) is 0 Å². The normalized spacial score (nSPS) is 28.2. The van der Waals surface area contributed by atoms with Crippen LogP contribution in [0.4, 0.5) is 0 Å². The number of carbonyl (C=O) groups is 1. The van der Waals surface area contributed by atoms with Crippen molar-refractivity contribution in [2.75, 3.05) is 26.0 Å². The van der Waals surface area contributed by atoms with Crippen LogP contribution >= 0.6 is 0 Å². The van der Waals surface area contributed by atoms with Gasteiger partial charge in [-0.25, -0.2) is 18.1 Å². The summed E-state index contributed by atoms with van der Waals surface area (Å²) in [6, 6.07) is -0.148. The molecule has 126 valence electrons. The lowest BCUT2D eigenvalue weighted by Crippen LogP contribution is -2.50. The minimum Gasteiger partial charge on any atom is -0.373 e. The lowest BCUT2D eigenvalue weighted by Gasteiger charge is -2.38. The van der Waals surface area contributed by atoms with Gasteiger partial charge in [-0.2, -0.15) is 0 Å². The summed E-state index contributed by atoms with van der Waals surface area (Å²) in [6.45, 7) is 1.51. The Balaban J connectivity index is 1.67. The van der Waals surface area contributed by atoms with E-state index >= 15 is 0 Å². The van der Waals surface area contributed by atoms with Crippen LogP contribution in [0.15, 0.2) is 18.6 Å². The van der Waals surface area contributed by atoms with Crippen molar-refractivity contribution in [1.29, 1.82) is 0 Å². The van der Waals surface area contributed by atoms with Gasteiger partial charge in [0.05, 0.1) is 24.6 Å². The smallest absolute Gasteiger partial charge is 0.274 e. The third-order valence-electron chi connectivity index (χ3n) is 4.26. The predicted molar refractivity (Wildman–Crippen MR) is 82.2 cm³/mol. The first-order valence-corrected chi connectivity index (χ1v) is 9.43. The summed E-state index contributed by atoms with van der Waals surface area (Å²) in [5, 5.41) is 0. The predicted octanol–water partition coefficient (Wildman–Crippen LogP) is -0.210. The van der Waals surface area contributed by atoms with Gasteiger partial charge in [0, 0.05) is 31.6 Å². The number of nitrogens with zero attached hydrogens (tertiary/aromatic N) is 3. The molecule has 2 saturated heterocycles. The molecule has 8 nitrogen and oxygen atoms in total. The fraction of sp³-hybridized carbons (Fsp3) is 0.643. The molecule has 2 fully saturated rings. The van der Waals surface area contributed by atoms with E-state index in [4.69, 9.17) is 4.74 Å². The van der Waals surface area contributed by atoms with Gasteiger partial charge in [-0.05, 0) is 19.3 Å². The van der Waals surface area contributed by atoms with Crippen LogP contribution in [0.5, 0.6) is 0 Å². The number of sulfonamides is 1. The minimum absolute atomic E-state index is 0.148. The Hall–Kier alpha value is -1.58. The molecular formula is C14H20N4O4S. The van der Waals surface area contributed by atoms with Crippen molar-refractivity contribution < 1.29 is 17.9 Å². The van der Waals surface area contributed by atoms with Gasteiger partial charge in [0.25, 0.3) is 5.91 Å². The first kappa shape index (κ1) is 16.3. The number of rotatable bonds is 3. The molecule has 3 heterocycles. The lowest BCUT2D eigenvalue weighted by atomic mass is 9.90. The summed E-state index contributed by atoms with van der Waals surface area (Å²) < 4.78 is 31.4. The van der Waals surface area contributed by atoms with Crippen LogP contribution in [0.1, 0.15) is 29.8 Å². The van der Waals surface area contributed by atoms with Gasteiger partial charge in [0.15, 0.2) is 0 Å².